The van der Waals surface area contributed by atoms with Crippen LogP contribution in [0.2, 0.25) is 5.02 Å². The molecule has 0 saturated heterocycles. The zero-order chi connectivity index (χ0) is 17.5. The molecule has 130 valence electrons. The molecular weight excluding hydrogens is 330 g/mol. The minimum absolute atomic E-state index is 0.316. The molecule has 2 aromatic rings. The zero-order valence-corrected chi connectivity index (χ0v) is 14.9. The van der Waals surface area contributed by atoms with Gasteiger partial charge in [0.15, 0.2) is 0 Å². The van der Waals surface area contributed by atoms with E-state index in [1.807, 2.05) is 13.8 Å². The third-order valence-electron chi connectivity index (χ3n) is 3.28. The third-order valence-corrected chi connectivity index (χ3v) is 3.51. The standard InChI is InChI=1S/C17H22ClN3O3/c1-4-8-21-11-13(17(20-21)24-9-5-2)16(22)19-14-10-12(18)6-7-15(14)23-3/h6-7,10-11H,4-5,8-9H2,1-3H3,(H,19,22). The van der Waals surface area contributed by atoms with Crippen LogP contribution in [0.3, 0.4) is 0 Å². The van der Waals surface area contributed by atoms with Crippen LogP contribution in [0.5, 0.6) is 11.6 Å². The van der Waals surface area contributed by atoms with Crippen LogP contribution in [0.15, 0.2) is 24.4 Å². The maximum atomic E-state index is 12.7. The molecule has 0 bridgehead atoms. The molecule has 6 nitrogen and oxygen atoms in total. The van der Waals surface area contributed by atoms with Gasteiger partial charge in [-0.1, -0.05) is 25.4 Å². The lowest BCUT2D eigenvalue weighted by atomic mass is 10.2. The van der Waals surface area contributed by atoms with Crippen molar-refractivity contribution in [1.82, 2.24) is 9.78 Å². The SMILES string of the molecule is CCCOc1nn(CCC)cc1C(=O)Nc1cc(Cl)ccc1OC. The van der Waals surface area contributed by atoms with E-state index in [-0.39, 0.29) is 5.91 Å². The van der Waals surface area contributed by atoms with Gasteiger partial charge in [0.25, 0.3) is 5.91 Å². The van der Waals surface area contributed by atoms with Crippen LogP contribution in [-0.4, -0.2) is 29.4 Å². The number of aryl methyl sites for hydroxylation is 1. The molecule has 1 aromatic carbocycles. The number of amides is 1. The molecule has 1 heterocycles. The summed E-state index contributed by atoms with van der Waals surface area (Å²) in [6.07, 6.45) is 3.45. The summed E-state index contributed by atoms with van der Waals surface area (Å²) in [7, 11) is 1.54. The summed E-state index contributed by atoms with van der Waals surface area (Å²) in [4.78, 5) is 12.7. The summed E-state index contributed by atoms with van der Waals surface area (Å²) >= 11 is 6.00. The number of carbonyl (C=O) groups excluding carboxylic acids is 1. The highest BCUT2D eigenvalue weighted by molar-refractivity contribution is 6.31. The second-order valence-corrected chi connectivity index (χ2v) is 5.69. The highest BCUT2D eigenvalue weighted by atomic mass is 35.5. The summed E-state index contributed by atoms with van der Waals surface area (Å²) in [5, 5.41) is 7.66. The Balaban J connectivity index is 2.26. The molecule has 0 atom stereocenters. The van der Waals surface area contributed by atoms with E-state index in [1.165, 1.54) is 7.11 Å². The van der Waals surface area contributed by atoms with Crippen molar-refractivity contribution in [2.45, 2.75) is 33.2 Å². The molecule has 24 heavy (non-hydrogen) atoms. The maximum absolute atomic E-state index is 12.7. The van der Waals surface area contributed by atoms with Gasteiger partial charge in [0, 0.05) is 17.8 Å². The quantitative estimate of drug-likeness (QED) is 0.780. The monoisotopic (exact) mass is 351 g/mol. The number of nitrogens with zero attached hydrogens (tertiary/aromatic N) is 2. The first-order valence-electron chi connectivity index (χ1n) is 7.94. The van der Waals surface area contributed by atoms with E-state index in [0.29, 0.717) is 34.5 Å². The number of hydrogen-bond donors (Lipinski definition) is 1. The van der Waals surface area contributed by atoms with Crippen LogP contribution in [-0.2, 0) is 6.54 Å². The molecule has 1 N–H and O–H groups in total. The number of halogens is 1. The number of benzene rings is 1. The van der Waals surface area contributed by atoms with Gasteiger partial charge in [0.05, 0.1) is 19.4 Å². The molecule has 2 rings (SSSR count). The molecule has 0 radical (unpaired) electrons. The van der Waals surface area contributed by atoms with E-state index in [1.54, 1.807) is 29.1 Å². The second kappa shape index (κ2) is 8.59. The fourth-order valence-electron chi connectivity index (χ4n) is 2.18. The van der Waals surface area contributed by atoms with Crippen molar-refractivity contribution in [1.29, 1.82) is 0 Å². The number of rotatable bonds is 8. The van der Waals surface area contributed by atoms with Crippen molar-refractivity contribution >= 4 is 23.2 Å². The third kappa shape index (κ3) is 4.41. The lowest BCUT2D eigenvalue weighted by molar-refractivity contribution is 0.102. The molecule has 0 fully saturated rings. The molecule has 7 heteroatoms. The average Bonchev–Trinajstić information content (AvgIpc) is 2.96. The van der Waals surface area contributed by atoms with Crippen molar-refractivity contribution in [3.8, 4) is 11.6 Å². The van der Waals surface area contributed by atoms with Crippen molar-refractivity contribution in [2.75, 3.05) is 19.0 Å². The Labute approximate surface area is 146 Å². The Hall–Kier alpha value is -2.21. The Morgan fingerprint density at radius 1 is 1.33 bits per heavy atom. The van der Waals surface area contributed by atoms with E-state index < -0.39 is 0 Å². The minimum atomic E-state index is -0.316. The number of anilines is 1. The second-order valence-electron chi connectivity index (χ2n) is 5.26. The highest BCUT2D eigenvalue weighted by Gasteiger charge is 2.19. The lowest BCUT2D eigenvalue weighted by Gasteiger charge is -2.10. The van der Waals surface area contributed by atoms with Crippen LogP contribution in [0.4, 0.5) is 5.69 Å². The number of ether oxygens (including phenoxy) is 2. The summed E-state index contributed by atoms with van der Waals surface area (Å²) in [6.45, 7) is 5.27. The van der Waals surface area contributed by atoms with Crippen LogP contribution in [0.1, 0.15) is 37.0 Å². The first-order valence-corrected chi connectivity index (χ1v) is 8.32. The Morgan fingerprint density at radius 2 is 2.12 bits per heavy atom. The molecule has 1 aromatic heterocycles. The molecule has 0 aliphatic heterocycles. The van der Waals surface area contributed by atoms with E-state index in [4.69, 9.17) is 21.1 Å². The first kappa shape index (κ1) is 18.1. The Morgan fingerprint density at radius 3 is 2.79 bits per heavy atom. The molecule has 0 aliphatic carbocycles. The average molecular weight is 352 g/mol. The van der Waals surface area contributed by atoms with Crippen LogP contribution < -0.4 is 14.8 Å². The van der Waals surface area contributed by atoms with Crippen molar-refractivity contribution in [3.05, 3.63) is 35.0 Å². The van der Waals surface area contributed by atoms with Gasteiger partial charge in [-0.05, 0) is 31.0 Å². The molecule has 0 unspecified atom stereocenters. The van der Waals surface area contributed by atoms with Crippen LogP contribution >= 0.6 is 11.6 Å². The maximum Gasteiger partial charge on any atom is 0.262 e. The smallest absolute Gasteiger partial charge is 0.262 e. The first-order chi connectivity index (χ1) is 11.6. The van der Waals surface area contributed by atoms with E-state index in [9.17, 15) is 4.79 Å². The van der Waals surface area contributed by atoms with Gasteiger partial charge in [0.2, 0.25) is 5.88 Å². The van der Waals surface area contributed by atoms with E-state index >= 15 is 0 Å². The summed E-state index contributed by atoms with van der Waals surface area (Å²) in [6, 6.07) is 5.04. The normalized spacial score (nSPS) is 10.5. The summed E-state index contributed by atoms with van der Waals surface area (Å²) in [5.41, 5.74) is 0.888. The van der Waals surface area contributed by atoms with Gasteiger partial charge in [-0.25, -0.2) is 0 Å². The zero-order valence-electron chi connectivity index (χ0n) is 14.1. The van der Waals surface area contributed by atoms with Gasteiger partial charge < -0.3 is 14.8 Å². The molecule has 0 saturated carbocycles. The van der Waals surface area contributed by atoms with Gasteiger partial charge in [-0.2, -0.15) is 0 Å². The fourth-order valence-corrected chi connectivity index (χ4v) is 2.35. The van der Waals surface area contributed by atoms with E-state index in [0.717, 1.165) is 19.4 Å². The van der Waals surface area contributed by atoms with Gasteiger partial charge >= 0.3 is 0 Å². The summed E-state index contributed by atoms with van der Waals surface area (Å²) < 4.78 is 12.6. The largest absolute Gasteiger partial charge is 0.495 e. The molecule has 0 aliphatic rings. The topological polar surface area (TPSA) is 65.4 Å². The van der Waals surface area contributed by atoms with Crippen LogP contribution in [0, 0.1) is 0 Å². The fraction of sp³-hybridized carbons (Fsp3) is 0.412. The van der Waals surface area contributed by atoms with E-state index in [2.05, 4.69) is 10.4 Å². The van der Waals surface area contributed by atoms with Crippen LogP contribution in [0.25, 0.3) is 0 Å². The number of aromatic nitrogens is 2. The number of methoxy groups -OCH3 is 1. The van der Waals surface area contributed by atoms with Crippen molar-refractivity contribution < 1.29 is 14.3 Å². The highest BCUT2D eigenvalue weighted by Crippen LogP contribution is 2.29. The molecule has 0 spiro atoms. The Bertz CT molecular complexity index is 700. The molecule has 1 amide bonds. The van der Waals surface area contributed by atoms with Gasteiger partial charge in [-0.3, -0.25) is 9.48 Å². The Kier molecular flexibility index (Phi) is 6.49. The predicted octanol–water partition coefficient (Wildman–Crippen LogP) is 4.00. The van der Waals surface area contributed by atoms with Crippen molar-refractivity contribution in [2.24, 2.45) is 0 Å². The minimum Gasteiger partial charge on any atom is -0.495 e. The van der Waals surface area contributed by atoms with Gasteiger partial charge in [-0.15, -0.1) is 5.10 Å². The number of carbonyl (C=O) groups is 1. The predicted molar refractivity (Wildman–Crippen MR) is 94.3 cm³/mol. The lowest BCUT2D eigenvalue weighted by Crippen LogP contribution is -2.13. The van der Waals surface area contributed by atoms with Crippen molar-refractivity contribution in [3.63, 3.8) is 0 Å². The molecular formula is C17H22ClN3O3. The van der Waals surface area contributed by atoms with Gasteiger partial charge in [0.1, 0.15) is 11.3 Å². The number of nitrogens with one attached hydrogen (secondary N) is 1. The summed E-state index contributed by atoms with van der Waals surface area (Å²) in [5.74, 6) is 0.553. The number of hydrogen-bond acceptors (Lipinski definition) is 4.